The number of aryl methyl sites for hydroxylation is 1. The summed E-state index contributed by atoms with van der Waals surface area (Å²) in [4.78, 5) is 29.7. The molecule has 7 heteroatoms. The summed E-state index contributed by atoms with van der Waals surface area (Å²) in [6, 6.07) is 1.84. The average molecular weight is 341 g/mol. The second-order valence-corrected chi connectivity index (χ2v) is 5.58. The van der Waals surface area contributed by atoms with Gasteiger partial charge in [0.25, 0.3) is 0 Å². The van der Waals surface area contributed by atoms with Crippen LogP contribution >= 0.6 is 15.9 Å². The minimum absolute atomic E-state index is 0.416. The maximum atomic E-state index is 12.1. The van der Waals surface area contributed by atoms with Gasteiger partial charge in [-0.25, -0.2) is 4.98 Å². The number of amides is 2. The fourth-order valence-electron chi connectivity index (χ4n) is 2.02. The first-order chi connectivity index (χ1) is 9.58. The van der Waals surface area contributed by atoms with Crippen molar-refractivity contribution in [1.82, 2.24) is 15.2 Å². The number of rotatable bonds is 1. The van der Waals surface area contributed by atoms with Crippen molar-refractivity contribution < 1.29 is 9.59 Å². The number of carbonyl (C=O) groups is 2. The molecule has 1 aliphatic rings. The first-order valence-electron chi connectivity index (χ1n) is 6.51. The van der Waals surface area contributed by atoms with E-state index in [1.165, 1.54) is 0 Å². The predicted molar refractivity (Wildman–Crippen MR) is 79.4 cm³/mol. The standard InChI is InChI=1S/C13H17BrN4O2/c1-9-7-10(14)8-16-11(9)17-12(19)13(20)18-5-2-3-15-4-6-18/h7-8,15H,2-6H2,1H3,(H,16,17,19). The fraction of sp³-hybridized carbons (Fsp3) is 0.462. The van der Waals surface area contributed by atoms with Gasteiger partial charge in [0.2, 0.25) is 0 Å². The summed E-state index contributed by atoms with van der Waals surface area (Å²) in [5, 5.41) is 5.77. The van der Waals surface area contributed by atoms with Gasteiger partial charge in [-0.1, -0.05) is 0 Å². The molecule has 1 fully saturated rings. The van der Waals surface area contributed by atoms with E-state index in [0.29, 0.717) is 25.5 Å². The number of halogens is 1. The van der Waals surface area contributed by atoms with Gasteiger partial charge in [0.15, 0.2) is 0 Å². The molecule has 1 aromatic heterocycles. The number of carbonyl (C=O) groups excluding carboxylic acids is 2. The fourth-order valence-corrected chi connectivity index (χ4v) is 2.47. The number of pyridine rings is 1. The molecule has 1 aliphatic heterocycles. The minimum atomic E-state index is -0.634. The van der Waals surface area contributed by atoms with Gasteiger partial charge < -0.3 is 15.5 Å². The Morgan fingerprint density at radius 3 is 2.95 bits per heavy atom. The van der Waals surface area contributed by atoms with Crippen LogP contribution in [0.25, 0.3) is 0 Å². The van der Waals surface area contributed by atoms with Gasteiger partial charge in [-0.3, -0.25) is 9.59 Å². The van der Waals surface area contributed by atoms with Crippen LogP contribution in [0.3, 0.4) is 0 Å². The maximum Gasteiger partial charge on any atom is 0.315 e. The summed E-state index contributed by atoms with van der Waals surface area (Å²) in [5.41, 5.74) is 0.804. The Balaban J connectivity index is 2.01. The molecule has 0 atom stereocenters. The highest BCUT2D eigenvalue weighted by Crippen LogP contribution is 2.16. The average Bonchev–Trinajstić information content (AvgIpc) is 2.70. The summed E-state index contributed by atoms with van der Waals surface area (Å²) in [6.07, 6.45) is 2.44. The zero-order chi connectivity index (χ0) is 14.5. The number of hydrogen-bond acceptors (Lipinski definition) is 4. The molecule has 0 saturated carbocycles. The first-order valence-corrected chi connectivity index (χ1v) is 7.30. The number of aromatic nitrogens is 1. The Bertz CT molecular complexity index is 513. The number of hydrogen-bond donors (Lipinski definition) is 2. The highest BCUT2D eigenvalue weighted by molar-refractivity contribution is 9.10. The van der Waals surface area contributed by atoms with Gasteiger partial charge >= 0.3 is 11.8 Å². The SMILES string of the molecule is Cc1cc(Br)cnc1NC(=O)C(=O)N1CCCNCC1. The topological polar surface area (TPSA) is 74.3 Å². The zero-order valence-electron chi connectivity index (χ0n) is 11.3. The molecular weight excluding hydrogens is 324 g/mol. The zero-order valence-corrected chi connectivity index (χ0v) is 12.9. The summed E-state index contributed by atoms with van der Waals surface area (Å²) in [5.74, 6) is -0.720. The summed E-state index contributed by atoms with van der Waals surface area (Å²) in [7, 11) is 0. The lowest BCUT2D eigenvalue weighted by Gasteiger charge is -2.19. The Kier molecular flexibility index (Phi) is 5.08. The minimum Gasteiger partial charge on any atom is -0.333 e. The van der Waals surface area contributed by atoms with Crippen LogP contribution < -0.4 is 10.6 Å². The van der Waals surface area contributed by atoms with Crippen LogP contribution in [-0.4, -0.2) is 47.9 Å². The van der Waals surface area contributed by atoms with Crippen molar-refractivity contribution in [1.29, 1.82) is 0 Å². The van der Waals surface area contributed by atoms with Crippen molar-refractivity contribution >= 4 is 33.6 Å². The van der Waals surface area contributed by atoms with E-state index in [1.807, 2.05) is 13.0 Å². The van der Waals surface area contributed by atoms with Crippen molar-refractivity contribution in [3.8, 4) is 0 Å². The predicted octanol–water partition coefficient (Wildman–Crippen LogP) is 0.913. The van der Waals surface area contributed by atoms with Crippen LogP contribution in [0, 0.1) is 6.92 Å². The molecule has 0 spiro atoms. The number of nitrogens with zero attached hydrogens (tertiary/aromatic N) is 2. The van der Waals surface area contributed by atoms with E-state index in [1.54, 1.807) is 11.1 Å². The second kappa shape index (κ2) is 6.81. The van der Waals surface area contributed by atoms with E-state index in [9.17, 15) is 9.59 Å². The van der Waals surface area contributed by atoms with Crippen LogP contribution in [0.15, 0.2) is 16.7 Å². The van der Waals surface area contributed by atoms with Crippen molar-refractivity contribution in [2.75, 3.05) is 31.5 Å². The van der Waals surface area contributed by atoms with Gasteiger partial charge in [0.1, 0.15) is 5.82 Å². The summed E-state index contributed by atoms with van der Waals surface area (Å²) >= 11 is 3.31. The third-order valence-corrected chi connectivity index (χ3v) is 3.53. The van der Waals surface area contributed by atoms with E-state index >= 15 is 0 Å². The Labute approximate surface area is 126 Å². The van der Waals surface area contributed by atoms with Crippen molar-refractivity contribution in [2.45, 2.75) is 13.3 Å². The Morgan fingerprint density at radius 2 is 2.20 bits per heavy atom. The van der Waals surface area contributed by atoms with Gasteiger partial charge in [0, 0.05) is 30.3 Å². The van der Waals surface area contributed by atoms with E-state index in [-0.39, 0.29) is 0 Å². The number of anilines is 1. The van der Waals surface area contributed by atoms with Crippen LogP contribution in [0.1, 0.15) is 12.0 Å². The van der Waals surface area contributed by atoms with E-state index in [2.05, 4.69) is 31.5 Å². The molecule has 6 nitrogen and oxygen atoms in total. The molecule has 0 aromatic carbocycles. The molecule has 2 heterocycles. The molecule has 0 unspecified atom stereocenters. The van der Waals surface area contributed by atoms with Crippen LogP contribution in [0.4, 0.5) is 5.82 Å². The molecule has 2 amide bonds. The third kappa shape index (κ3) is 3.77. The van der Waals surface area contributed by atoms with Gasteiger partial charge in [0.05, 0.1) is 0 Å². The van der Waals surface area contributed by atoms with Gasteiger partial charge in [-0.15, -0.1) is 0 Å². The maximum absolute atomic E-state index is 12.1. The lowest BCUT2D eigenvalue weighted by atomic mass is 10.3. The van der Waals surface area contributed by atoms with Crippen molar-refractivity contribution in [2.24, 2.45) is 0 Å². The quantitative estimate of drug-likeness (QED) is 0.745. The normalized spacial score (nSPS) is 15.6. The van der Waals surface area contributed by atoms with Crippen LogP contribution in [0.5, 0.6) is 0 Å². The van der Waals surface area contributed by atoms with Crippen LogP contribution in [-0.2, 0) is 9.59 Å². The molecular formula is C13H17BrN4O2. The molecule has 1 saturated heterocycles. The van der Waals surface area contributed by atoms with E-state index in [4.69, 9.17) is 0 Å². The third-order valence-electron chi connectivity index (χ3n) is 3.10. The molecule has 20 heavy (non-hydrogen) atoms. The molecule has 0 aliphatic carbocycles. The van der Waals surface area contributed by atoms with Gasteiger partial charge in [-0.05, 0) is 47.4 Å². The summed E-state index contributed by atoms with van der Waals surface area (Å²) in [6.45, 7) is 4.58. The molecule has 0 bridgehead atoms. The van der Waals surface area contributed by atoms with Gasteiger partial charge in [-0.2, -0.15) is 0 Å². The first kappa shape index (κ1) is 14.9. The lowest BCUT2D eigenvalue weighted by Crippen LogP contribution is -2.41. The van der Waals surface area contributed by atoms with E-state index < -0.39 is 11.8 Å². The molecule has 2 N–H and O–H groups in total. The molecule has 0 radical (unpaired) electrons. The largest absolute Gasteiger partial charge is 0.333 e. The van der Waals surface area contributed by atoms with E-state index in [0.717, 1.165) is 23.0 Å². The highest BCUT2D eigenvalue weighted by Gasteiger charge is 2.23. The second-order valence-electron chi connectivity index (χ2n) is 4.67. The molecule has 2 rings (SSSR count). The highest BCUT2D eigenvalue weighted by atomic mass is 79.9. The Morgan fingerprint density at radius 1 is 1.40 bits per heavy atom. The lowest BCUT2D eigenvalue weighted by molar-refractivity contribution is -0.143. The molecule has 108 valence electrons. The smallest absolute Gasteiger partial charge is 0.315 e. The van der Waals surface area contributed by atoms with Crippen LogP contribution in [0.2, 0.25) is 0 Å². The van der Waals surface area contributed by atoms with Crippen molar-refractivity contribution in [3.63, 3.8) is 0 Å². The monoisotopic (exact) mass is 340 g/mol. The molecule has 1 aromatic rings. The van der Waals surface area contributed by atoms with Crippen molar-refractivity contribution in [3.05, 3.63) is 22.3 Å². The number of nitrogens with one attached hydrogen (secondary N) is 2. The summed E-state index contributed by atoms with van der Waals surface area (Å²) < 4.78 is 0.831. The Hall–Kier alpha value is -1.47.